The van der Waals surface area contributed by atoms with E-state index in [1.165, 1.54) is 5.56 Å². The molecule has 0 aliphatic rings. The lowest BCUT2D eigenvalue weighted by molar-refractivity contribution is -0.123. The van der Waals surface area contributed by atoms with E-state index in [1.54, 1.807) is 12.1 Å². The van der Waals surface area contributed by atoms with Crippen molar-refractivity contribution in [2.75, 3.05) is 6.61 Å². The second-order valence-electron chi connectivity index (χ2n) is 5.62. The molecular formula is C18H18BrIN2O3. The van der Waals surface area contributed by atoms with Gasteiger partial charge in [0.15, 0.2) is 6.61 Å². The maximum atomic E-state index is 12.0. The van der Waals surface area contributed by atoms with Crippen molar-refractivity contribution in [2.45, 2.75) is 19.8 Å². The zero-order valence-corrected chi connectivity index (χ0v) is 17.6. The van der Waals surface area contributed by atoms with Crippen LogP contribution in [0.3, 0.4) is 0 Å². The number of rotatable bonds is 5. The topological polar surface area (TPSA) is 67.4 Å². The van der Waals surface area contributed by atoms with Gasteiger partial charge in [0, 0.05) is 3.57 Å². The summed E-state index contributed by atoms with van der Waals surface area (Å²) in [5.74, 6) is 0.160. The number of halogens is 2. The van der Waals surface area contributed by atoms with E-state index < -0.39 is 5.91 Å². The first-order chi connectivity index (χ1) is 11.9. The van der Waals surface area contributed by atoms with Crippen LogP contribution in [0.1, 0.15) is 35.7 Å². The maximum Gasteiger partial charge on any atom is 0.276 e. The van der Waals surface area contributed by atoms with Crippen molar-refractivity contribution in [1.82, 2.24) is 10.9 Å². The predicted octanol–water partition coefficient (Wildman–Crippen LogP) is 4.02. The van der Waals surface area contributed by atoms with Crippen LogP contribution in [0.4, 0.5) is 0 Å². The first-order valence-corrected chi connectivity index (χ1v) is 9.51. The first-order valence-electron chi connectivity index (χ1n) is 7.64. The number of amides is 2. The second-order valence-corrected chi connectivity index (χ2v) is 7.63. The molecule has 2 amide bonds. The summed E-state index contributed by atoms with van der Waals surface area (Å²) >= 11 is 5.50. The fourth-order valence-corrected chi connectivity index (χ4v) is 3.16. The molecule has 2 aromatic carbocycles. The molecule has 5 nitrogen and oxygen atoms in total. The molecule has 2 N–H and O–H groups in total. The van der Waals surface area contributed by atoms with Gasteiger partial charge in [-0.25, -0.2) is 0 Å². The van der Waals surface area contributed by atoms with E-state index in [9.17, 15) is 9.59 Å². The summed E-state index contributed by atoms with van der Waals surface area (Å²) in [7, 11) is 0. The van der Waals surface area contributed by atoms with Gasteiger partial charge in [-0.1, -0.05) is 32.0 Å². The van der Waals surface area contributed by atoms with Crippen LogP contribution in [-0.4, -0.2) is 18.4 Å². The van der Waals surface area contributed by atoms with Gasteiger partial charge in [-0.05, 0) is 74.3 Å². The summed E-state index contributed by atoms with van der Waals surface area (Å²) in [6.45, 7) is 4.00. The molecule has 25 heavy (non-hydrogen) atoms. The van der Waals surface area contributed by atoms with Gasteiger partial charge < -0.3 is 4.74 Å². The minimum atomic E-state index is -0.445. The summed E-state index contributed by atoms with van der Waals surface area (Å²) in [6.07, 6.45) is 0. The number of benzene rings is 2. The van der Waals surface area contributed by atoms with Crippen LogP contribution in [0.2, 0.25) is 0 Å². The van der Waals surface area contributed by atoms with E-state index in [2.05, 4.69) is 63.2 Å². The van der Waals surface area contributed by atoms with Gasteiger partial charge in [-0.2, -0.15) is 0 Å². The van der Waals surface area contributed by atoms with Crippen molar-refractivity contribution in [3.8, 4) is 5.75 Å². The fourth-order valence-electron chi connectivity index (χ4n) is 2.01. The molecule has 0 atom stereocenters. The highest BCUT2D eigenvalue weighted by atomic mass is 127. The van der Waals surface area contributed by atoms with Gasteiger partial charge >= 0.3 is 0 Å². The molecule has 0 aliphatic heterocycles. The summed E-state index contributed by atoms with van der Waals surface area (Å²) < 4.78 is 7.07. The summed E-state index contributed by atoms with van der Waals surface area (Å²) in [5, 5.41) is 0. The van der Waals surface area contributed by atoms with Gasteiger partial charge in [-0.3, -0.25) is 20.4 Å². The highest BCUT2D eigenvalue weighted by molar-refractivity contribution is 14.1. The first kappa shape index (κ1) is 19.7. The Morgan fingerprint density at radius 1 is 1.16 bits per heavy atom. The number of carbonyl (C=O) groups is 2. The van der Waals surface area contributed by atoms with Crippen LogP contribution in [0, 0.1) is 3.57 Å². The number of hydrogen-bond acceptors (Lipinski definition) is 3. The number of hydrogen-bond donors (Lipinski definition) is 2. The van der Waals surface area contributed by atoms with E-state index in [0.717, 1.165) is 8.04 Å². The Morgan fingerprint density at radius 2 is 1.88 bits per heavy atom. The lowest BCUT2D eigenvalue weighted by Crippen LogP contribution is -2.44. The highest BCUT2D eigenvalue weighted by Gasteiger charge is 2.11. The van der Waals surface area contributed by atoms with Crippen molar-refractivity contribution in [3.63, 3.8) is 0 Å². The van der Waals surface area contributed by atoms with Crippen molar-refractivity contribution < 1.29 is 14.3 Å². The second kappa shape index (κ2) is 9.19. The molecule has 2 aromatic rings. The molecule has 0 unspecified atom stereocenters. The Bertz CT molecular complexity index is 781. The third kappa shape index (κ3) is 5.71. The molecule has 0 saturated heterocycles. The molecule has 0 saturated carbocycles. The summed E-state index contributed by atoms with van der Waals surface area (Å²) in [5.41, 5.74) is 6.40. The van der Waals surface area contributed by atoms with Gasteiger partial charge in [0.1, 0.15) is 5.75 Å². The Morgan fingerprint density at radius 3 is 2.52 bits per heavy atom. The molecule has 7 heteroatoms. The van der Waals surface area contributed by atoms with Crippen LogP contribution in [0.25, 0.3) is 0 Å². The van der Waals surface area contributed by atoms with Gasteiger partial charge in [0.05, 0.1) is 10.0 Å². The van der Waals surface area contributed by atoms with Crippen LogP contribution in [-0.2, 0) is 4.79 Å². The van der Waals surface area contributed by atoms with Crippen LogP contribution in [0.5, 0.6) is 5.75 Å². The Labute approximate surface area is 168 Å². The monoisotopic (exact) mass is 516 g/mol. The number of carbonyl (C=O) groups excluding carboxylic acids is 2. The zero-order chi connectivity index (χ0) is 18.4. The van der Waals surface area contributed by atoms with Crippen molar-refractivity contribution in [1.29, 1.82) is 0 Å². The molecule has 0 radical (unpaired) electrons. The Balaban J connectivity index is 1.85. The van der Waals surface area contributed by atoms with E-state index in [1.807, 2.05) is 30.3 Å². The van der Waals surface area contributed by atoms with Crippen LogP contribution < -0.4 is 15.6 Å². The Kier molecular flexibility index (Phi) is 7.24. The van der Waals surface area contributed by atoms with Gasteiger partial charge in [-0.15, -0.1) is 0 Å². The molecule has 0 fully saturated rings. The quantitative estimate of drug-likeness (QED) is 0.466. The van der Waals surface area contributed by atoms with Gasteiger partial charge in [0.25, 0.3) is 11.8 Å². The molecule has 132 valence electrons. The number of ether oxygens (including phenoxy) is 1. The highest BCUT2D eigenvalue weighted by Crippen LogP contribution is 2.28. The molecular weight excluding hydrogens is 499 g/mol. The van der Waals surface area contributed by atoms with Gasteiger partial charge in [0.2, 0.25) is 0 Å². The Hall–Kier alpha value is -1.61. The SMILES string of the molecule is CC(C)c1ccc(OCC(=O)NNC(=O)c2ccccc2I)c(Br)c1. The molecule has 0 aliphatic carbocycles. The van der Waals surface area contributed by atoms with Crippen LogP contribution >= 0.6 is 38.5 Å². The molecule has 0 heterocycles. The smallest absolute Gasteiger partial charge is 0.276 e. The van der Waals surface area contributed by atoms with Crippen molar-refractivity contribution >= 4 is 50.3 Å². The molecule has 0 bridgehead atoms. The summed E-state index contributed by atoms with van der Waals surface area (Å²) in [4.78, 5) is 23.9. The normalized spacial score (nSPS) is 10.4. The maximum absolute atomic E-state index is 12.0. The average molecular weight is 517 g/mol. The van der Waals surface area contributed by atoms with Crippen molar-refractivity contribution in [2.24, 2.45) is 0 Å². The predicted molar refractivity (Wildman–Crippen MR) is 108 cm³/mol. The molecule has 0 aromatic heterocycles. The summed E-state index contributed by atoms with van der Waals surface area (Å²) in [6, 6.07) is 12.9. The van der Waals surface area contributed by atoms with Crippen LogP contribution in [0.15, 0.2) is 46.9 Å². The average Bonchev–Trinajstić information content (AvgIpc) is 2.58. The standard InChI is InChI=1S/C18H18BrIN2O3/c1-11(2)12-7-8-16(14(19)9-12)25-10-17(23)21-22-18(24)13-5-3-4-6-15(13)20/h3-9,11H,10H2,1-2H3,(H,21,23)(H,22,24). The third-order valence-corrected chi connectivity index (χ3v) is 4.98. The van der Waals surface area contributed by atoms with E-state index >= 15 is 0 Å². The fraction of sp³-hybridized carbons (Fsp3) is 0.222. The van der Waals surface area contributed by atoms with E-state index in [0.29, 0.717) is 17.2 Å². The van der Waals surface area contributed by atoms with E-state index in [-0.39, 0.29) is 12.5 Å². The zero-order valence-electron chi connectivity index (χ0n) is 13.8. The lowest BCUT2D eigenvalue weighted by atomic mass is 10.0. The van der Waals surface area contributed by atoms with Crippen molar-refractivity contribution in [3.05, 3.63) is 61.6 Å². The van der Waals surface area contributed by atoms with E-state index in [4.69, 9.17) is 4.74 Å². The number of nitrogens with one attached hydrogen (secondary N) is 2. The largest absolute Gasteiger partial charge is 0.483 e. The molecule has 0 spiro atoms. The lowest BCUT2D eigenvalue weighted by Gasteiger charge is -2.12. The minimum absolute atomic E-state index is 0.203. The third-order valence-electron chi connectivity index (χ3n) is 3.42. The number of hydrazine groups is 1. The minimum Gasteiger partial charge on any atom is -0.483 e. The molecule has 2 rings (SSSR count).